The van der Waals surface area contributed by atoms with E-state index in [0.29, 0.717) is 65.0 Å². The number of carbonyl (C=O) groups excluding carboxylic acids is 1. The summed E-state index contributed by atoms with van der Waals surface area (Å²) in [5.41, 5.74) is 2.91. The first-order valence-corrected chi connectivity index (χ1v) is 16.8. The van der Waals surface area contributed by atoms with Crippen LogP contribution in [0.15, 0.2) is 48.5 Å². The minimum absolute atomic E-state index is 0.203. The van der Waals surface area contributed by atoms with Crippen molar-refractivity contribution in [3.63, 3.8) is 0 Å². The molecule has 8 nitrogen and oxygen atoms in total. The molecule has 44 heavy (non-hydrogen) atoms. The summed E-state index contributed by atoms with van der Waals surface area (Å²) in [4.78, 5) is 12.1. The van der Waals surface area contributed by atoms with E-state index in [2.05, 4.69) is 31.3 Å². The Labute approximate surface area is 266 Å². The highest BCUT2D eigenvalue weighted by Gasteiger charge is 2.07. The third kappa shape index (κ3) is 19.6. The lowest BCUT2D eigenvalue weighted by Crippen LogP contribution is -2.15. The maximum absolute atomic E-state index is 12.1. The van der Waals surface area contributed by atoms with Crippen LogP contribution in [0.5, 0.6) is 5.75 Å². The van der Waals surface area contributed by atoms with Gasteiger partial charge >= 0.3 is 5.97 Å². The zero-order chi connectivity index (χ0) is 31.3. The van der Waals surface area contributed by atoms with Gasteiger partial charge in [0.15, 0.2) is 0 Å². The second-order valence-electron chi connectivity index (χ2n) is 10.8. The summed E-state index contributed by atoms with van der Waals surface area (Å²) in [5.74, 6) is 0.532. The molecule has 248 valence electrons. The number of anilines is 1. The van der Waals surface area contributed by atoms with Gasteiger partial charge in [-0.2, -0.15) is 0 Å². The largest absolute Gasteiger partial charge is 0.491 e. The molecule has 2 aromatic rings. The van der Waals surface area contributed by atoms with Crippen LogP contribution in [0.1, 0.15) is 87.6 Å². The molecule has 1 N–H and O–H groups in total. The van der Waals surface area contributed by atoms with Crippen LogP contribution in [0.4, 0.5) is 5.69 Å². The Balaban J connectivity index is 1.32. The van der Waals surface area contributed by atoms with Crippen LogP contribution >= 0.6 is 0 Å². The maximum Gasteiger partial charge on any atom is 0.338 e. The van der Waals surface area contributed by atoms with Gasteiger partial charge in [-0.1, -0.05) is 70.9 Å². The Hall–Kier alpha value is -2.65. The standard InChI is InChI=1S/C36H57NO7/c1-3-5-7-8-9-10-11-12-32-13-19-35(20-14-32)43-30-28-41-26-24-39-22-23-40-25-27-42-29-31-44-36(38)33-15-17-34(18-16-33)37-21-6-4-2/h13-20,37H,3-12,21-31H2,1-2H3. The molecule has 0 aliphatic rings. The van der Waals surface area contributed by atoms with Crippen molar-refractivity contribution >= 4 is 11.7 Å². The highest BCUT2D eigenvalue weighted by molar-refractivity contribution is 5.89. The summed E-state index contributed by atoms with van der Waals surface area (Å²) < 4.78 is 33.1. The van der Waals surface area contributed by atoms with E-state index in [0.717, 1.165) is 37.2 Å². The Kier molecular flexibility index (Phi) is 22.8. The number of aryl methyl sites for hydroxylation is 1. The molecule has 0 amide bonds. The van der Waals surface area contributed by atoms with Crippen molar-refractivity contribution in [2.75, 3.05) is 77.9 Å². The first-order valence-electron chi connectivity index (χ1n) is 16.8. The minimum Gasteiger partial charge on any atom is -0.491 e. The fraction of sp³-hybridized carbons (Fsp3) is 0.639. The molecule has 0 spiro atoms. The SMILES string of the molecule is CCCCCCCCCc1ccc(OCCOCCOCCOCCOCCOC(=O)c2ccc(NCCCC)cc2)cc1. The smallest absolute Gasteiger partial charge is 0.338 e. The fourth-order valence-corrected chi connectivity index (χ4v) is 4.43. The zero-order valence-electron chi connectivity index (χ0n) is 27.3. The average Bonchev–Trinajstić information content (AvgIpc) is 3.05. The van der Waals surface area contributed by atoms with E-state index in [1.807, 2.05) is 24.3 Å². The molecule has 0 unspecified atom stereocenters. The summed E-state index contributed by atoms with van der Waals surface area (Å²) in [7, 11) is 0. The topological polar surface area (TPSA) is 84.5 Å². The number of nitrogens with one attached hydrogen (secondary N) is 1. The minimum atomic E-state index is -0.350. The third-order valence-electron chi connectivity index (χ3n) is 7.05. The van der Waals surface area contributed by atoms with Crippen molar-refractivity contribution in [1.82, 2.24) is 0 Å². The van der Waals surface area contributed by atoms with Crippen molar-refractivity contribution in [2.24, 2.45) is 0 Å². The van der Waals surface area contributed by atoms with Gasteiger partial charge in [0.05, 0.1) is 58.4 Å². The molecule has 0 bridgehead atoms. The van der Waals surface area contributed by atoms with Crippen LogP contribution in [-0.2, 0) is 30.1 Å². The number of hydrogen-bond acceptors (Lipinski definition) is 8. The Morgan fingerprint density at radius 2 is 1.09 bits per heavy atom. The van der Waals surface area contributed by atoms with Crippen molar-refractivity contribution in [3.8, 4) is 5.75 Å². The van der Waals surface area contributed by atoms with E-state index < -0.39 is 0 Å². The number of esters is 1. The van der Waals surface area contributed by atoms with Crippen molar-refractivity contribution in [3.05, 3.63) is 59.7 Å². The second kappa shape index (κ2) is 26.7. The molecule has 0 aromatic heterocycles. The molecule has 0 heterocycles. The predicted octanol–water partition coefficient (Wildman–Crippen LogP) is 7.49. The van der Waals surface area contributed by atoms with E-state index in [9.17, 15) is 4.79 Å². The second-order valence-corrected chi connectivity index (χ2v) is 10.8. The van der Waals surface area contributed by atoms with Crippen LogP contribution in [0.25, 0.3) is 0 Å². The number of benzene rings is 2. The summed E-state index contributed by atoms with van der Waals surface area (Å²) in [6.07, 6.45) is 12.8. The number of rotatable bonds is 29. The van der Waals surface area contributed by atoms with Gasteiger partial charge in [-0.25, -0.2) is 4.79 Å². The molecule has 2 aromatic carbocycles. The summed E-state index contributed by atoms with van der Waals surface area (Å²) in [6, 6.07) is 15.8. The van der Waals surface area contributed by atoms with Gasteiger partial charge in [-0.15, -0.1) is 0 Å². The van der Waals surface area contributed by atoms with Gasteiger partial charge < -0.3 is 33.7 Å². The number of hydrogen-bond donors (Lipinski definition) is 1. The van der Waals surface area contributed by atoms with Crippen LogP contribution in [0.3, 0.4) is 0 Å². The summed E-state index contributed by atoms with van der Waals surface area (Å²) in [5, 5.41) is 3.32. The van der Waals surface area contributed by atoms with E-state index >= 15 is 0 Å². The molecule has 2 rings (SSSR count). The molecule has 0 fully saturated rings. The highest BCUT2D eigenvalue weighted by Crippen LogP contribution is 2.15. The first-order chi connectivity index (χ1) is 21.7. The van der Waals surface area contributed by atoms with E-state index in [1.54, 1.807) is 12.1 Å². The zero-order valence-corrected chi connectivity index (χ0v) is 27.3. The molecular weight excluding hydrogens is 558 g/mol. The number of ether oxygens (including phenoxy) is 6. The Morgan fingerprint density at radius 3 is 1.68 bits per heavy atom. The average molecular weight is 616 g/mol. The number of unbranched alkanes of at least 4 members (excludes halogenated alkanes) is 7. The molecule has 0 aliphatic heterocycles. The van der Waals surface area contributed by atoms with Gasteiger partial charge in [-0.3, -0.25) is 0 Å². The predicted molar refractivity (Wildman–Crippen MR) is 177 cm³/mol. The number of carbonyl (C=O) groups is 1. The summed E-state index contributed by atoms with van der Waals surface area (Å²) >= 11 is 0. The Morgan fingerprint density at radius 1 is 0.568 bits per heavy atom. The Bertz CT molecular complexity index is 937. The normalized spacial score (nSPS) is 11.0. The van der Waals surface area contributed by atoms with Crippen molar-refractivity contribution in [2.45, 2.75) is 78.1 Å². The van der Waals surface area contributed by atoms with Gasteiger partial charge in [0, 0.05) is 12.2 Å². The van der Waals surface area contributed by atoms with E-state index in [4.69, 9.17) is 28.4 Å². The van der Waals surface area contributed by atoms with Crippen molar-refractivity contribution < 1.29 is 33.2 Å². The molecule has 0 saturated carbocycles. The third-order valence-corrected chi connectivity index (χ3v) is 7.05. The molecule has 0 radical (unpaired) electrons. The van der Waals surface area contributed by atoms with Gasteiger partial charge in [0.1, 0.15) is 19.0 Å². The van der Waals surface area contributed by atoms with Crippen LogP contribution < -0.4 is 10.1 Å². The monoisotopic (exact) mass is 615 g/mol. The molecule has 0 atom stereocenters. The maximum atomic E-state index is 12.1. The molecular formula is C36H57NO7. The molecule has 0 saturated heterocycles. The fourth-order valence-electron chi connectivity index (χ4n) is 4.43. The van der Waals surface area contributed by atoms with Crippen LogP contribution in [0, 0.1) is 0 Å². The van der Waals surface area contributed by atoms with Gasteiger partial charge in [-0.05, 0) is 61.2 Å². The molecule has 8 heteroatoms. The van der Waals surface area contributed by atoms with Gasteiger partial charge in [0.2, 0.25) is 0 Å². The summed E-state index contributed by atoms with van der Waals surface area (Å²) in [6.45, 7) is 9.81. The lowest BCUT2D eigenvalue weighted by molar-refractivity contribution is -0.0107. The quantitative estimate of drug-likeness (QED) is 0.0744. The molecule has 0 aliphatic carbocycles. The lowest BCUT2D eigenvalue weighted by Gasteiger charge is -2.09. The van der Waals surface area contributed by atoms with Crippen LogP contribution in [0.2, 0.25) is 0 Å². The highest BCUT2D eigenvalue weighted by atomic mass is 16.6. The van der Waals surface area contributed by atoms with E-state index in [-0.39, 0.29) is 12.6 Å². The lowest BCUT2D eigenvalue weighted by atomic mass is 10.0. The van der Waals surface area contributed by atoms with E-state index in [1.165, 1.54) is 50.5 Å². The van der Waals surface area contributed by atoms with Crippen LogP contribution in [-0.4, -0.2) is 78.6 Å². The van der Waals surface area contributed by atoms with Crippen molar-refractivity contribution in [1.29, 1.82) is 0 Å². The van der Waals surface area contributed by atoms with Gasteiger partial charge in [0.25, 0.3) is 0 Å². The first kappa shape index (κ1) is 37.5.